The molecular weight excluding hydrogens is 272 g/mol. The number of rotatable bonds is 8. The Morgan fingerprint density at radius 2 is 1.59 bits per heavy atom. The predicted octanol–water partition coefficient (Wildman–Crippen LogP) is 3.85. The van der Waals surface area contributed by atoms with E-state index >= 15 is 0 Å². The fourth-order valence-electron chi connectivity index (χ4n) is 3.59. The molecule has 0 bridgehead atoms. The Morgan fingerprint density at radius 1 is 1.09 bits per heavy atom. The van der Waals surface area contributed by atoms with Crippen molar-refractivity contribution in [2.75, 3.05) is 33.7 Å². The molecule has 130 valence electrons. The minimum Gasteiger partial charge on any atom is -0.355 e. The zero-order valence-corrected chi connectivity index (χ0v) is 16.5. The van der Waals surface area contributed by atoms with Crippen LogP contribution in [-0.4, -0.2) is 44.1 Å². The number of quaternary nitrogens is 1. The lowest BCUT2D eigenvalue weighted by molar-refractivity contribution is -0.890. The second kappa shape index (κ2) is 7.16. The van der Waals surface area contributed by atoms with Crippen LogP contribution in [0.3, 0.4) is 0 Å². The topological polar surface area (TPSA) is 29.1 Å². The van der Waals surface area contributed by atoms with Gasteiger partial charge in [0.05, 0.1) is 27.2 Å². The van der Waals surface area contributed by atoms with Gasteiger partial charge < -0.3 is 9.80 Å². The van der Waals surface area contributed by atoms with Gasteiger partial charge in [0.15, 0.2) is 0 Å². The third-order valence-corrected chi connectivity index (χ3v) is 3.79. The first-order chi connectivity index (χ1) is 9.60. The number of nitrogens with zero attached hydrogens (tertiary/aromatic N) is 1. The summed E-state index contributed by atoms with van der Waals surface area (Å²) >= 11 is 0. The Hall–Kier alpha value is -0.830. The number of amides is 1. The maximum Gasteiger partial charge on any atom is 0.225 e. The van der Waals surface area contributed by atoms with Crippen LogP contribution in [-0.2, 0) is 4.79 Å². The first-order valence-corrected chi connectivity index (χ1v) is 8.32. The number of likely N-dealkylation sites (N-methyl/N-ethyl adjacent to an activating group) is 1. The minimum atomic E-state index is -0.334. The molecule has 3 heteroatoms. The summed E-state index contributed by atoms with van der Waals surface area (Å²) in [7, 11) is 4.41. The average Bonchev–Trinajstić information content (AvgIpc) is 2.20. The SMILES string of the molecule is C=CC[N+](C)(C)CC(C)(C)CNC(=O)C(C)(C)CC(C)(C)C. The van der Waals surface area contributed by atoms with E-state index in [-0.39, 0.29) is 22.2 Å². The van der Waals surface area contributed by atoms with E-state index < -0.39 is 0 Å². The Labute approximate surface area is 138 Å². The van der Waals surface area contributed by atoms with Crippen molar-refractivity contribution in [1.29, 1.82) is 0 Å². The number of carbonyl (C=O) groups is 1. The van der Waals surface area contributed by atoms with Crippen molar-refractivity contribution in [2.45, 2.75) is 54.9 Å². The molecule has 0 aliphatic heterocycles. The predicted molar refractivity (Wildman–Crippen MR) is 96.7 cm³/mol. The van der Waals surface area contributed by atoms with Crippen molar-refractivity contribution in [3.05, 3.63) is 12.7 Å². The molecule has 0 aromatic rings. The third-order valence-electron chi connectivity index (χ3n) is 3.79. The summed E-state index contributed by atoms with van der Waals surface area (Å²) in [6, 6.07) is 0. The molecular formula is C19H39N2O+. The van der Waals surface area contributed by atoms with Gasteiger partial charge in [-0.15, -0.1) is 0 Å². The molecule has 0 atom stereocenters. The van der Waals surface area contributed by atoms with Gasteiger partial charge >= 0.3 is 0 Å². The molecule has 0 spiro atoms. The highest BCUT2D eigenvalue weighted by Gasteiger charge is 2.34. The second-order valence-corrected chi connectivity index (χ2v) is 10.0. The standard InChI is InChI=1S/C19H38N2O/c1-11-12-21(9,10)15-18(5,6)14-20-16(22)19(7,8)13-17(2,3)4/h11H,1,12-15H2,2-10H3/p+1. The van der Waals surface area contributed by atoms with E-state index in [2.05, 4.69) is 60.6 Å². The van der Waals surface area contributed by atoms with Crippen LogP contribution in [0.5, 0.6) is 0 Å². The van der Waals surface area contributed by atoms with Crippen molar-refractivity contribution in [3.8, 4) is 0 Å². The monoisotopic (exact) mass is 311 g/mol. The Balaban J connectivity index is 4.65. The molecule has 3 nitrogen and oxygen atoms in total. The summed E-state index contributed by atoms with van der Waals surface area (Å²) in [5, 5.41) is 3.18. The molecule has 22 heavy (non-hydrogen) atoms. The van der Waals surface area contributed by atoms with Crippen molar-refractivity contribution < 1.29 is 9.28 Å². The highest BCUT2D eigenvalue weighted by molar-refractivity contribution is 5.81. The van der Waals surface area contributed by atoms with Crippen LogP contribution in [0.15, 0.2) is 12.7 Å². The van der Waals surface area contributed by atoms with E-state index in [1.165, 1.54) is 0 Å². The maximum atomic E-state index is 12.5. The van der Waals surface area contributed by atoms with Gasteiger partial charge in [-0.2, -0.15) is 0 Å². The molecule has 1 amide bonds. The molecule has 0 radical (unpaired) electrons. The van der Waals surface area contributed by atoms with Crippen molar-refractivity contribution in [1.82, 2.24) is 5.32 Å². The molecule has 0 fully saturated rings. The van der Waals surface area contributed by atoms with Crippen molar-refractivity contribution in [3.63, 3.8) is 0 Å². The smallest absolute Gasteiger partial charge is 0.225 e. The third kappa shape index (κ3) is 8.57. The largest absolute Gasteiger partial charge is 0.355 e. The minimum absolute atomic E-state index is 0.0555. The highest BCUT2D eigenvalue weighted by Crippen LogP contribution is 2.33. The van der Waals surface area contributed by atoms with E-state index in [1.807, 2.05) is 19.9 Å². The molecule has 0 rings (SSSR count). The number of carbonyl (C=O) groups excluding carboxylic acids is 1. The fourth-order valence-corrected chi connectivity index (χ4v) is 3.59. The molecule has 0 aromatic carbocycles. The molecule has 0 aliphatic carbocycles. The second-order valence-electron chi connectivity index (χ2n) is 10.0. The number of hydrogen-bond acceptors (Lipinski definition) is 1. The lowest BCUT2D eigenvalue weighted by atomic mass is 9.75. The molecule has 0 heterocycles. The van der Waals surface area contributed by atoms with E-state index in [1.54, 1.807) is 0 Å². The van der Waals surface area contributed by atoms with Gasteiger partial charge in [-0.1, -0.05) is 55.0 Å². The van der Waals surface area contributed by atoms with E-state index in [0.29, 0.717) is 6.54 Å². The van der Waals surface area contributed by atoms with Crippen LogP contribution in [0.2, 0.25) is 0 Å². The van der Waals surface area contributed by atoms with Crippen LogP contribution < -0.4 is 5.32 Å². The van der Waals surface area contributed by atoms with Crippen LogP contribution in [0, 0.1) is 16.2 Å². The Kier molecular flexibility index (Phi) is 6.89. The number of nitrogens with one attached hydrogen (secondary N) is 1. The van der Waals surface area contributed by atoms with Gasteiger partial charge in [0.2, 0.25) is 5.91 Å². The average molecular weight is 312 g/mol. The van der Waals surface area contributed by atoms with E-state index in [0.717, 1.165) is 24.0 Å². The summed E-state index contributed by atoms with van der Waals surface area (Å²) in [4.78, 5) is 12.5. The molecule has 0 unspecified atom stereocenters. The molecule has 0 saturated heterocycles. The van der Waals surface area contributed by atoms with Crippen LogP contribution >= 0.6 is 0 Å². The maximum absolute atomic E-state index is 12.5. The van der Waals surface area contributed by atoms with Crippen LogP contribution in [0.4, 0.5) is 0 Å². The zero-order valence-electron chi connectivity index (χ0n) is 16.5. The molecule has 0 aliphatic rings. The van der Waals surface area contributed by atoms with Gasteiger partial charge in [-0.3, -0.25) is 4.79 Å². The van der Waals surface area contributed by atoms with E-state index in [9.17, 15) is 4.79 Å². The van der Waals surface area contributed by atoms with Gasteiger partial charge in [0.1, 0.15) is 0 Å². The first-order valence-electron chi connectivity index (χ1n) is 8.32. The molecule has 0 aromatic heterocycles. The highest BCUT2D eigenvalue weighted by atomic mass is 16.2. The summed E-state index contributed by atoms with van der Waals surface area (Å²) in [6.45, 7) is 21.5. The van der Waals surface area contributed by atoms with Crippen LogP contribution in [0.25, 0.3) is 0 Å². The fraction of sp³-hybridized carbons (Fsp3) is 0.842. The van der Waals surface area contributed by atoms with Crippen molar-refractivity contribution >= 4 is 5.91 Å². The van der Waals surface area contributed by atoms with Crippen LogP contribution in [0.1, 0.15) is 54.9 Å². The lowest BCUT2D eigenvalue weighted by Crippen LogP contribution is -2.51. The zero-order chi connectivity index (χ0) is 17.8. The molecule has 0 saturated carbocycles. The quantitative estimate of drug-likeness (QED) is 0.535. The van der Waals surface area contributed by atoms with Gasteiger partial charge in [0, 0.05) is 17.4 Å². The normalized spacial score (nSPS) is 13.9. The molecule has 1 N–H and O–H groups in total. The van der Waals surface area contributed by atoms with Crippen molar-refractivity contribution in [2.24, 2.45) is 16.2 Å². The van der Waals surface area contributed by atoms with Gasteiger partial charge in [-0.05, 0) is 17.9 Å². The Morgan fingerprint density at radius 3 is 2.00 bits per heavy atom. The Bertz CT molecular complexity index is 387. The summed E-state index contributed by atoms with van der Waals surface area (Å²) < 4.78 is 0.887. The van der Waals surface area contributed by atoms with Gasteiger partial charge in [-0.25, -0.2) is 0 Å². The van der Waals surface area contributed by atoms with Gasteiger partial charge in [0.25, 0.3) is 0 Å². The lowest BCUT2D eigenvalue weighted by Gasteiger charge is -2.38. The summed E-state index contributed by atoms with van der Waals surface area (Å²) in [5.41, 5.74) is -0.126. The number of hydrogen-bond donors (Lipinski definition) is 1. The summed E-state index contributed by atoms with van der Waals surface area (Å²) in [5.74, 6) is 0.157. The summed E-state index contributed by atoms with van der Waals surface area (Å²) in [6.07, 6.45) is 2.84. The first kappa shape index (κ1) is 21.2. The van der Waals surface area contributed by atoms with E-state index in [4.69, 9.17) is 0 Å².